The molecule has 1 fully saturated rings. The Kier molecular flexibility index (Phi) is 3.43. The molecule has 0 bridgehead atoms. The first kappa shape index (κ1) is 13.3. The van der Waals surface area contributed by atoms with E-state index in [2.05, 4.69) is 11.1 Å². The standard InChI is InChI=1S/C14H17N3O2/c1-10(2)14(13(18)19)4-6-17(9-14)12-8-16-5-3-11(12)7-15/h3,5,8,10H,4,6,9H2,1-2H3,(H,18,19). The summed E-state index contributed by atoms with van der Waals surface area (Å²) in [5, 5.41) is 18.6. The van der Waals surface area contributed by atoms with E-state index in [0.717, 1.165) is 5.69 Å². The van der Waals surface area contributed by atoms with Gasteiger partial charge < -0.3 is 10.0 Å². The number of aliphatic carboxylic acids is 1. The Morgan fingerprint density at radius 3 is 2.89 bits per heavy atom. The minimum atomic E-state index is -0.757. The van der Waals surface area contributed by atoms with Gasteiger partial charge in [-0.25, -0.2) is 0 Å². The van der Waals surface area contributed by atoms with Crippen LogP contribution in [0.15, 0.2) is 18.5 Å². The molecule has 1 aromatic rings. The number of anilines is 1. The number of hydrogen-bond donors (Lipinski definition) is 1. The van der Waals surface area contributed by atoms with Gasteiger partial charge in [0.05, 0.1) is 22.9 Å². The van der Waals surface area contributed by atoms with Crippen LogP contribution in [0, 0.1) is 22.7 Å². The highest BCUT2D eigenvalue weighted by Gasteiger charge is 2.47. The largest absolute Gasteiger partial charge is 0.481 e. The van der Waals surface area contributed by atoms with Crippen molar-refractivity contribution >= 4 is 11.7 Å². The van der Waals surface area contributed by atoms with Crippen molar-refractivity contribution in [2.45, 2.75) is 20.3 Å². The van der Waals surface area contributed by atoms with Crippen LogP contribution < -0.4 is 4.90 Å². The second kappa shape index (κ2) is 4.88. The molecule has 1 unspecified atom stereocenters. The highest BCUT2D eigenvalue weighted by molar-refractivity contribution is 5.77. The fourth-order valence-corrected chi connectivity index (χ4v) is 2.66. The minimum absolute atomic E-state index is 0.0530. The van der Waals surface area contributed by atoms with E-state index in [1.54, 1.807) is 18.5 Å². The quantitative estimate of drug-likeness (QED) is 0.897. The van der Waals surface area contributed by atoms with Crippen LogP contribution in [0.3, 0.4) is 0 Å². The molecule has 1 aliphatic heterocycles. The maximum Gasteiger partial charge on any atom is 0.311 e. The minimum Gasteiger partial charge on any atom is -0.481 e. The van der Waals surface area contributed by atoms with Crippen LogP contribution in [0.5, 0.6) is 0 Å². The lowest BCUT2D eigenvalue weighted by Gasteiger charge is -2.29. The maximum absolute atomic E-state index is 11.6. The number of carboxylic acids is 1. The zero-order valence-electron chi connectivity index (χ0n) is 11.1. The predicted molar refractivity (Wildman–Crippen MR) is 70.7 cm³/mol. The Morgan fingerprint density at radius 2 is 2.37 bits per heavy atom. The average Bonchev–Trinajstić information content (AvgIpc) is 2.85. The van der Waals surface area contributed by atoms with Gasteiger partial charge in [0.1, 0.15) is 6.07 Å². The lowest BCUT2D eigenvalue weighted by atomic mass is 9.76. The van der Waals surface area contributed by atoms with Gasteiger partial charge in [-0.15, -0.1) is 0 Å². The molecule has 1 saturated heterocycles. The van der Waals surface area contributed by atoms with Crippen molar-refractivity contribution in [2.24, 2.45) is 11.3 Å². The van der Waals surface area contributed by atoms with Crippen LogP contribution in [0.1, 0.15) is 25.8 Å². The lowest BCUT2D eigenvalue weighted by molar-refractivity contribution is -0.150. The van der Waals surface area contributed by atoms with Crippen molar-refractivity contribution in [3.05, 3.63) is 24.0 Å². The zero-order valence-corrected chi connectivity index (χ0v) is 11.1. The molecule has 1 N–H and O–H groups in total. The first-order valence-electron chi connectivity index (χ1n) is 6.33. The lowest BCUT2D eigenvalue weighted by Crippen LogP contribution is -2.39. The number of pyridine rings is 1. The Morgan fingerprint density at radius 1 is 1.63 bits per heavy atom. The van der Waals surface area contributed by atoms with E-state index in [4.69, 9.17) is 5.26 Å². The third kappa shape index (κ3) is 2.14. The molecule has 19 heavy (non-hydrogen) atoms. The van der Waals surface area contributed by atoms with E-state index in [1.807, 2.05) is 18.7 Å². The number of hydrogen-bond acceptors (Lipinski definition) is 4. The van der Waals surface area contributed by atoms with E-state index >= 15 is 0 Å². The fraction of sp³-hybridized carbons (Fsp3) is 0.500. The molecule has 0 spiro atoms. The number of nitrogens with zero attached hydrogens (tertiary/aromatic N) is 3. The Bertz CT molecular complexity index is 536. The summed E-state index contributed by atoms with van der Waals surface area (Å²) in [5.74, 6) is -0.704. The van der Waals surface area contributed by atoms with Crippen molar-refractivity contribution in [2.75, 3.05) is 18.0 Å². The molecule has 0 radical (unpaired) electrons. The summed E-state index contributed by atoms with van der Waals surface area (Å²) in [4.78, 5) is 17.6. The van der Waals surface area contributed by atoms with E-state index in [1.165, 1.54) is 0 Å². The summed E-state index contributed by atoms with van der Waals surface area (Å²) < 4.78 is 0. The first-order valence-corrected chi connectivity index (χ1v) is 6.33. The molecule has 0 amide bonds. The summed E-state index contributed by atoms with van der Waals surface area (Å²) in [6.07, 6.45) is 3.81. The van der Waals surface area contributed by atoms with Crippen LogP contribution in [-0.4, -0.2) is 29.1 Å². The van der Waals surface area contributed by atoms with Crippen molar-refractivity contribution in [1.29, 1.82) is 5.26 Å². The fourth-order valence-electron chi connectivity index (χ4n) is 2.66. The third-order valence-electron chi connectivity index (χ3n) is 4.09. The first-order chi connectivity index (χ1) is 9.01. The number of aromatic nitrogens is 1. The van der Waals surface area contributed by atoms with Crippen LogP contribution in [0.4, 0.5) is 5.69 Å². The monoisotopic (exact) mass is 259 g/mol. The topological polar surface area (TPSA) is 77.2 Å². The molecule has 1 atom stereocenters. The van der Waals surface area contributed by atoms with E-state index in [9.17, 15) is 9.90 Å². The molecule has 1 aliphatic rings. The van der Waals surface area contributed by atoms with E-state index < -0.39 is 11.4 Å². The summed E-state index contributed by atoms with van der Waals surface area (Å²) in [6.45, 7) is 4.95. The maximum atomic E-state index is 11.6. The summed E-state index contributed by atoms with van der Waals surface area (Å²) in [6, 6.07) is 3.79. The van der Waals surface area contributed by atoms with Crippen molar-refractivity contribution < 1.29 is 9.90 Å². The molecular weight excluding hydrogens is 242 g/mol. The highest BCUT2D eigenvalue weighted by atomic mass is 16.4. The normalized spacial score (nSPS) is 22.5. The Hall–Kier alpha value is -2.09. The van der Waals surface area contributed by atoms with Crippen LogP contribution in [0.25, 0.3) is 0 Å². The molecule has 5 nitrogen and oxygen atoms in total. The Labute approximate surface area is 112 Å². The summed E-state index contributed by atoms with van der Waals surface area (Å²) >= 11 is 0. The SMILES string of the molecule is CC(C)C1(C(=O)O)CCN(c2cnccc2C#N)C1. The third-order valence-corrected chi connectivity index (χ3v) is 4.09. The van der Waals surface area contributed by atoms with Gasteiger partial charge in [-0.3, -0.25) is 9.78 Å². The zero-order chi connectivity index (χ0) is 14.0. The Balaban J connectivity index is 2.32. The van der Waals surface area contributed by atoms with Crippen LogP contribution >= 0.6 is 0 Å². The van der Waals surface area contributed by atoms with E-state index in [0.29, 0.717) is 25.1 Å². The van der Waals surface area contributed by atoms with Crippen LogP contribution in [-0.2, 0) is 4.79 Å². The molecule has 1 aromatic heterocycles. The smallest absolute Gasteiger partial charge is 0.311 e. The number of rotatable bonds is 3. The summed E-state index contributed by atoms with van der Waals surface area (Å²) in [5.41, 5.74) is 0.538. The number of carboxylic acid groups (broad SMARTS) is 1. The second-order valence-corrected chi connectivity index (χ2v) is 5.29. The van der Waals surface area contributed by atoms with E-state index in [-0.39, 0.29) is 5.92 Å². The van der Waals surface area contributed by atoms with Crippen molar-refractivity contribution in [3.63, 3.8) is 0 Å². The number of nitriles is 1. The predicted octanol–water partition coefficient (Wildman–Crippen LogP) is 1.89. The number of carbonyl (C=O) groups is 1. The molecule has 100 valence electrons. The van der Waals surface area contributed by atoms with Gasteiger partial charge in [-0.2, -0.15) is 5.26 Å². The van der Waals surface area contributed by atoms with Gasteiger partial charge in [0.15, 0.2) is 0 Å². The van der Waals surface area contributed by atoms with Crippen molar-refractivity contribution in [1.82, 2.24) is 4.98 Å². The highest BCUT2D eigenvalue weighted by Crippen LogP contribution is 2.40. The molecular formula is C14H17N3O2. The van der Waals surface area contributed by atoms with Crippen molar-refractivity contribution in [3.8, 4) is 6.07 Å². The average molecular weight is 259 g/mol. The van der Waals surface area contributed by atoms with Gasteiger partial charge in [-0.05, 0) is 18.4 Å². The van der Waals surface area contributed by atoms with Gasteiger partial charge >= 0.3 is 5.97 Å². The van der Waals surface area contributed by atoms with Gasteiger partial charge in [-0.1, -0.05) is 13.8 Å². The molecule has 0 aliphatic carbocycles. The van der Waals surface area contributed by atoms with Gasteiger partial charge in [0, 0.05) is 19.3 Å². The second-order valence-electron chi connectivity index (χ2n) is 5.29. The molecule has 2 heterocycles. The molecule has 0 saturated carbocycles. The molecule has 0 aromatic carbocycles. The molecule has 5 heteroatoms. The molecule has 2 rings (SSSR count). The van der Waals surface area contributed by atoms with Gasteiger partial charge in [0.2, 0.25) is 0 Å². The van der Waals surface area contributed by atoms with Gasteiger partial charge in [0.25, 0.3) is 0 Å². The summed E-state index contributed by atoms with van der Waals surface area (Å²) in [7, 11) is 0. The van der Waals surface area contributed by atoms with Crippen LogP contribution in [0.2, 0.25) is 0 Å².